The summed E-state index contributed by atoms with van der Waals surface area (Å²) in [5, 5.41) is 17.6. The van der Waals surface area contributed by atoms with Gasteiger partial charge in [0.05, 0.1) is 22.0 Å². The third-order valence-electron chi connectivity index (χ3n) is 7.64. The van der Waals surface area contributed by atoms with Gasteiger partial charge in [0.25, 0.3) is 0 Å². The second-order valence-corrected chi connectivity index (χ2v) is 11.5. The molecule has 0 radical (unpaired) electrons. The van der Waals surface area contributed by atoms with Crippen molar-refractivity contribution < 1.29 is 9.90 Å². The zero-order valence-corrected chi connectivity index (χ0v) is 22.0. The van der Waals surface area contributed by atoms with Crippen molar-refractivity contribution in [2.75, 3.05) is 35.2 Å². The molecule has 2 saturated heterocycles. The molecule has 37 heavy (non-hydrogen) atoms. The molecule has 0 unspecified atom stereocenters. The van der Waals surface area contributed by atoms with Gasteiger partial charge >= 0.3 is 0 Å². The van der Waals surface area contributed by atoms with Gasteiger partial charge in [0, 0.05) is 37.3 Å². The van der Waals surface area contributed by atoms with Gasteiger partial charge in [0.15, 0.2) is 5.13 Å². The monoisotopic (exact) mass is 521 g/mol. The third kappa shape index (κ3) is 5.86. The normalized spacial score (nSPS) is 23.1. The third-order valence-corrected chi connectivity index (χ3v) is 8.57. The van der Waals surface area contributed by atoms with Crippen LogP contribution in [0.2, 0.25) is 0 Å². The molecule has 0 atom stereocenters. The zero-order chi connectivity index (χ0) is 25.2. The van der Waals surface area contributed by atoms with E-state index in [2.05, 4.69) is 21.6 Å². The van der Waals surface area contributed by atoms with E-state index in [0.717, 1.165) is 90.8 Å². The van der Waals surface area contributed by atoms with Crippen molar-refractivity contribution >= 4 is 50.0 Å². The molecule has 196 valence electrons. The van der Waals surface area contributed by atoms with Gasteiger partial charge in [-0.05, 0) is 76.2 Å². The Bertz CT molecular complexity index is 1250. The van der Waals surface area contributed by atoms with Crippen LogP contribution in [0.3, 0.4) is 0 Å². The number of likely N-dealkylation sites (tertiary alicyclic amines) is 1. The van der Waals surface area contributed by atoms with Crippen molar-refractivity contribution in [1.82, 2.24) is 19.9 Å². The number of nitrogens with zero attached hydrogens (tertiary/aromatic N) is 5. The maximum Gasteiger partial charge on any atom is 0.227 e. The molecular formula is C27H35N7O2S. The second kappa shape index (κ2) is 10.9. The standard InChI is InChI=1S/C27H35N7O2S/c35-21-9-6-18(7-10-21)28-26-29-19(17-33-12-2-1-3-13-33)15-24(31-26)32-27-30-22-11-8-20(16-23(22)37-27)34-14-4-5-25(34)36/h8,11,15-16,18,21,35H,1-7,9-10,12-14,17H2,(H2,28,29,30,31,32). The minimum atomic E-state index is -0.190. The molecule has 1 amide bonds. The number of hydrogen-bond acceptors (Lipinski definition) is 9. The number of aliphatic hydroxyl groups excluding tert-OH is 1. The number of rotatable bonds is 7. The first-order valence-electron chi connectivity index (χ1n) is 13.6. The number of hydrogen-bond donors (Lipinski definition) is 3. The average Bonchev–Trinajstić information content (AvgIpc) is 3.50. The number of piperidine rings is 1. The molecule has 9 nitrogen and oxygen atoms in total. The molecule has 1 aromatic carbocycles. The van der Waals surface area contributed by atoms with E-state index in [1.165, 1.54) is 19.3 Å². The van der Waals surface area contributed by atoms with Crippen LogP contribution in [0.15, 0.2) is 24.3 Å². The van der Waals surface area contributed by atoms with E-state index in [-0.39, 0.29) is 18.1 Å². The first-order chi connectivity index (χ1) is 18.1. The molecule has 4 heterocycles. The van der Waals surface area contributed by atoms with E-state index in [0.29, 0.717) is 12.4 Å². The van der Waals surface area contributed by atoms with Crippen LogP contribution in [-0.2, 0) is 11.3 Å². The van der Waals surface area contributed by atoms with E-state index < -0.39 is 0 Å². The number of aliphatic hydroxyl groups is 1. The largest absolute Gasteiger partial charge is 0.393 e. The van der Waals surface area contributed by atoms with Crippen molar-refractivity contribution in [3.05, 3.63) is 30.0 Å². The minimum Gasteiger partial charge on any atom is -0.393 e. The molecule has 3 N–H and O–H groups in total. The Hall–Kier alpha value is -2.82. The van der Waals surface area contributed by atoms with Crippen molar-refractivity contribution in [2.45, 2.75) is 76.5 Å². The van der Waals surface area contributed by atoms with E-state index in [1.54, 1.807) is 11.3 Å². The predicted octanol–water partition coefficient (Wildman–Crippen LogP) is 4.66. The van der Waals surface area contributed by atoms with Gasteiger partial charge in [-0.1, -0.05) is 17.8 Å². The summed E-state index contributed by atoms with van der Waals surface area (Å²) in [6.07, 6.45) is 8.59. The van der Waals surface area contributed by atoms with Crippen molar-refractivity contribution in [3.63, 3.8) is 0 Å². The average molecular weight is 522 g/mol. The van der Waals surface area contributed by atoms with Crippen LogP contribution in [0.1, 0.15) is 63.5 Å². The summed E-state index contributed by atoms with van der Waals surface area (Å²) in [6.45, 7) is 3.80. The molecule has 1 aliphatic carbocycles. The highest BCUT2D eigenvalue weighted by Gasteiger charge is 2.23. The van der Waals surface area contributed by atoms with Crippen molar-refractivity contribution in [3.8, 4) is 0 Å². The van der Waals surface area contributed by atoms with Crippen LogP contribution in [0, 0.1) is 0 Å². The number of carbonyl (C=O) groups excluding carboxylic acids is 1. The number of amides is 1. The minimum absolute atomic E-state index is 0.190. The quantitative estimate of drug-likeness (QED) is 0.412. The maximum atomic E-state index is 12.2. The summed E-state index contributed by atoms with van der Waals surface area (Å²) < 4.78 is 1.04. The number of nitrogens with one attached hydrogen (secondary N) is 2. The van der Waals surface area contributed by atoms with Crippen LogP contribution >= 0.6 is 11.3 Å². The van der Waals surface area contributed by atoms with Crippen molar-refractivity contribution in [2.24, 2.45) is 0 Å². The van der Waals surface area contributed by atoms with Gasteiger partial charge in [-0.2, -0.15) is 4.98 Å². The smallest absolute Gasteiger partial charge is 0.227 e. The number of anilines is 4. The summed E-state index contributed by atoms with van der Waals surface area (Å²) in [5.74, 6) is 1.56. The Balaban J connectivity index is 1.23. The first-order valence-corrected chi connectivity index (χ1v) is 14.4. The fraction of sp³-hybridized carbons (Fsp3) is 0.556. The lowest BCUT2D eigenvalue weighted by Gasteiger charge is -2.27. The Kier molecular flexibility index (Phi) is 7.21. The summed E-state index contributed by atoms with van der Waals surface area (Å²) in [6, 6.07) is 8.35. The van der Waals surface area contributed by atoms with Gasteiger partial charge in [0.1, 0.15) is 5.82 Å². The van der Waals surface area contributed by atoms with E-state index in [9.17, 15) is 9.90 Å². The number of benzene rings is 1. The van der Waals surface area contributed by atoms with Crippen molar-refractivity contribution in [1.29, 1.82) is 0 Å². The first kappa shape index (κ1) is 24.5. The Morgan fingerprint density at radius 1 is 0.973 bits per heavy atom. The molecule has 1 saturated carbocycles. The molecule has 0 bridgehead atoms. The topological polar surface area (TPSA) is 107 Å². The van der Waals surface area contributed by atoms with Gasteiger partial charge < -0.3 is 20.6 Å². The number of carbonyl (C=O) groups is 1. The van der Waals surface area contributed by atoms with Gasteiger partial charge in [-0.25, -0.2) is 9.97 Å². The molecule has 3 fully saturated rings. The highest BCUT2D eigenvalue weighted by Crippen LogP contribution is 2.33. The fourth-order valence-corrected chi connectivity index (χ4v) is 6.53. The number of fused-ring (bicyclic) bond motifs is 1. The molecule has 6 rings (SSSR count). The zero-order valence-electron chi connectivity index (χ0n) is 21.2. The fourth-order valence-electron chi connectivity index (χ4n) is 5.62. The highest BCUT2D eigenvalue weighted by atomic mass is 32.1. The maximum absolute atomic E-state index is 12.2. The molecule has 10 heteroatoms. The molecular weight excluding hydrogens is 486 g/mol. The molecule has 0 spiro atoms. The van der Waals surface area contributed by atoms with Crippen LogP contribution in [0.5, 0.6) is 0 Å². The molecule has 2 aromatic heterocycles. The lowest BCUT2D eigenvalue weighted by Crippen LogP contribution is -2.30. The van der Waals surface area contributed by atoms with Gasteiger partial charge in [-0.15, -0.1) is 0 Å². The summed E-state index contributed by atoms with van der Waals surface area (Å²) in [7, 11) is 0. The molecule has 3 aromatic rings. The molecule has 3 aliphatic rings. The van der Waals surface area contributed by atoms with E-state index in [1.807, 2.05) is 23.1 Å². The van der Waals surface area contributed by atoms with Crippen LogP contribution in [-0.4, -0.2) is 62.6 Å². The number of thiazole rings is 1. The van der Waals surface area contributed by atoms with Gasteiger partial charge in [-0.3, -0.25) is 9.69 Å². The second-order valence-electron chi connectivity index (χ2n) is 10.5. The van der Waals surface area contributed by atoms with E-state index >= 15 is 0 Å². The summed E-state index contributed by atoms with van der Waals surface area (Å²) >= 11 is 1.57. The Labute approximate surface area is 221 Å². The van der Waals surface area contributed by atoms with Crippen LogP contribution < -0.4 is 15.5 Å². The summed E-state index contributed by atoms with van der Waals surface area (Å²) in [4.78, 5) is 31.0. The SMILES string of the molecule is O=C1CCCN1c1ccc2nc(Nc3cc(CN4CCCCC4)nc(NC4CCC(O)CC4)n3)sc2c1. The van der Waals surface area contributed by atoms with E-state index in [4.69, 9.17) is 15.0 Å². The summed E-state index contributed by atoms with van der Waals surface area (Å²) in [5.41, 5.74) is 2.85. The lowest BCUT2D eigenvalue weighted by molar-refractivity contribution is -0.117. The molecule has 2 aliphatic heterocycles. The van der Waals surface area contributed by atoms with Crippen LogP contribution in [0.4, 0.5) is 22.6 Å². The Morgan fingerprint density at radius 3 is 2.59 bits per heavy atom. The highest BCUT2D eigenvalue weighted by molar-refractivity contribution is 7.22. The predicted molar refractivity (Wildman–Crippen MR) is 148 cm³/mol. The van der Waals surface area contributed by atoms with Gasteiger partial charge in [0.2, 0.25) is 11.9 Å². The lowest BCUT2D eigenvalue weighted by atomic mass is 9.93. The van der Waals surface area contributed by atoms with Crippen LogP contribution in [0.25, 0.3) is 10.2 Å². The number of aromatic nitrogens is 3. The Morgan fingerprint density at radius 2 is 1.81 bits per heavy atom.